The van der Waals surface area contributed by atoms with Gasteiger partial charge < -0.3 is 24.8 Å². The minimum atomic E-state index is -1.10. The van der Waals surface area contributed by atoms with Gasteiger partial charge in [-0.3, -0.25) is 4.79 Å². The molecule has 142 valence electrons. The normalized spacial score (nSPS) is 16.2. The van der Waals surface area contributed by atoms with Crippen molar-refractivity contribution in [3.05, 3.63) is 53.1 Å². The zero-order valence-electron chi connectivity index (χ0n) is 15.4. The fraction of sp³-hybridized carbons (Fsp3) is 0.286. The number of aromatic hydroxyl groups is 2. The first-order chi connectivity index (χ1) is 12.7. The highest BCUT2D eigenvalue weighted by Gasteiger charge is 2.38. The number of aliphatic hydroxyl groups is 1. The average Bonchev–Trinajstić information content (AvgIpc) is 3.05. The Morgan fingerprint density at radius 3 is 2.52 bits per heavy atom. The number of phenols is 2. The lowest BCUT2D eigenvalue weighted by Gasteiger charge is -2.24. The second-order valence-electron chi connectivity index (χ2n) is 7.03. The van der Waals surface area contributed by atoms with Crippen LogP contribution in [0, 0.1) is 0 Å². The molecule has 0 spiro atoms. The number of carbonyl (C=O) groups is 1. The number of methoxy groups -OCH3 is 1. The SMILES string of the molecule is COc1cc2c(c(O)c1C(=O)C=Cc1ccc(O)cc1)C[C@H](C(C)(C)O)O2. The van der Waals surface area contributed by atoms with Crippen LogP contribution in [0.5, 0.6) is 23.0 Å². The van der Waals surface area contributed by atoms with E-state index < -0.39 is 17.5 Å². The van der Waals surface area contributed by atoms with Crippen LogP contribution in [0.25, 0.3) is 6.08 Å². The summed E-state index contributed by atoms with van der Waals surface area (Å²) in [5, 5.41) is 30.2. The molecular formula is C21H22O6. The molecule has 0 saturated carbocycles. The summed E-state index contributed by atoms with van der Waals surface area (Å²) in [6, 6.07) is 7.93. The summed E-state index contributed by atoms with van der Waals surface area (Å²) in [6.07, 6.45) is 2.68. The first-order valence-electron chi connectivity index (χ1n) is 8.54. The smallest absolute Gasteiger partial charge is 0.193 e. The molecule has 3 rings (SSSR count). The number of ketones is 1. The van der Waals surface area contributed by atoms with Gasteiger partial charge in [0.15, 0.2) is 5.78 Å². The van der Waals surface area contributed by atoms with Crippen molar-refractivity contribution in [3.8, 4) is 23.0 Å². The summed E-state index contributed by atoms with van der Waals surface area (Å²) >= 11 is 0. The second-order valence-corrected chi connectivity index (χ2v) is 7.03. The molecule has 0 unspecified atom stereocenters. The molecule has 0 aliphatic carbocycles. The van der Waals surface area contributed by atoms with E-state index in [1.807, 2.05) is 0 Å². The van der Waals surface area contributed by atoms with Crippen LogP contribution in [0.2, 0.25) is 0 Å². The molecule has 0 bridgehead atoms. The Bertz CT molecular complexity index is 890. The van der Waals surface area contributed by atoms with E-state index in [2.05, 4.69) is 0 Å². The lowest BCUT2D eigenvalue weighted by atomic mass is 9.95. The van der Waals surface area contributed by atoms with Crippen molar-refractivity contribution in [2.24, 2.45) is 0 Å². The maximum atomic E-state index is 12.7. The van der Waals surface area contributed by atoms with Crippen molar-refractivity contribution >= 4 is 11.9 Å². The average molecular weight is 370 g/mol. The van der Waals surface area contributed by atoms with E-state index >= 15 is 0 Å². The largest absolute Gasteiger partial charge is 0.508 e. The number of hydrogen-bond acceptors (Lipinski definition) is 6. The third kappa shape index (κ3) is 3.75. The molecule has 0 fully saturated rings. The molecular weight excluding hydrogens is 348 g/mol. The zero-order valence-corrected chi connectivity index (χ0v) is 15.4. The molecule has 1 aliphatic heterocycles. The predicted molar refractivity (Wildman–Crippen MR) is 101 cm³/mol. The molecule has 1 aliphatic rings. The van der Waals surface area contributed by atoms with Crippen molar-refractivity contribution in [2.75, 3.05) is 7.11 Å². The zero-order chi connectivity index (χ0) is 19.8. The number of carbonyl (C=O) groups excluding carboxylic acids is 1. The van der Waals surface area contributed by atoms with Crippen LogP contribution in [0.3, 0.4) is 0 Å². The van der Waals surface area contributed by atoms with Gasteiger partial charge in [-0.15, -0.1) is 0 Å². The Morgan fingerprint density at radius 2 is 1.93 bits per heavy atom. The minimum Gasteiger partial charge on any atom is -0.508 e. The van der Waals surface area contributed by atoms with Crippen LogP contribution >= 0.6 is 0 Å². The van der Waals surface area contributed by atoms with Gasteiger partial charge in [-0.05, 0) is 37.6 Å². The van der Waals surface area contributed by atoms with Crippen LogP contribution in [-0.4, -0.2) is 39.9 Å². The highest BCUT2D eigenvalue weighted by atomic mass is 16.5. The quantitative estimate of drug-likeness (QED) is 0.553. The number of rotatable bonds is 5. The van der Waals surface area contributed by atoms with Gasteiger partial charge in [0.2, 0.25) is 0 Å². The van der Waals surface area contributed by atoms with Crippen molar-refractivity contribution in [3.63, 3.8) is 0 Å². The summed E-state index contributed by atoms with van der Waals surface area (Å²) in [5.41, 5.74) is 0.156. The van der Waals surface area contributed by atoms with Crippen LogP contribution in [0.15, 0.2) is 36.4 Å². The van der Waals surface area contributed by atoms with Gasteiger partial charge in [-0.1, -0.05) is 18.2 Å². The van der Waals surface area contributed by atoms with Crippen LogP contribution < -0.4 is 9.47 Å². The first-order valence-corrected chi connectivity index (χ1v) is 8.54. The summed E-state index contributed by atoms with van der Waals surface area (Å²) in [4.78, 5) is 12.7. The summed E-state index contributed by atoms with van der Waals surface area (Å²) in [5.74, 6) is 0.111. The first kappa shape index (κ1) is 18.8. The van der Waals surface area contributed by atoms with Crippen LogP contribution in [0.4, 0.5) is 0 Å². The van der Waals surface area contributed by atoms with E-state index in [0.29, 0.717) is 11.3 Å². The maximum absolute atomic E-state index is 12.7. The fourth-order valence-electron chi connectivity index (χ4n) is 2.98. The van der Waals surface area contributed by atoms with E-state index in [9.17, 15) is 20.1 Å². The van der Waals surface area contributed by atoms with Gasteiger partial charge in [0.25, 0.3) is 0 Å². The summed E-state index contributed by atoms with van der Waals surface area (Å²) in [7, 11) is 1.41. The predicted octanol–water partition coefficient (Wildman–Crippen LogP) is 3.08. The maximum Gasteiger partial charge on any atom is 0.193 e. The third-order valence-electron chi connectivity index (χ3n) is 4.56. The molecule has 1 atom stereocenters. The van der Waals surface area contributed by atoms with Gasteiger partial charge in [-0.2, -0.15) is 0 Å². The molecule has 0 saturated heterocycles. The van der Waals surface area contributed by atoms with Gasteiger partial charge in [0.05, 0.1) is 12.7 Å². The number of phenolic OH excluding ortho intramolecular Hbond substituents is 2. The Kier molecular flexibility index (Phi) is 4.85. The molecule has 2 aromatic rings. The molecule has 2 aromatic carbocycles. The topological polar surface area (TPSA) is 96.2 Å². The van der Waals surface area contributed by atoms with E-state index in [0.717, 1.165) is 5.56 Å². The monoisotopic (exact) mass is 370 g/mol. The number of fused-ring (bicyclic) bond motifs is 1. The lowest BCUT2D eigenvalue weighted by molar-refractivity contribution is -0.0230. The Hall–Kier alpha value is -2.99. The van der Waals surface area contributed by atoms with Crippen LogP contribution in [0.1, 0.15) is 35.3 Å². The van der Waals surface area contributed by atoms with Crippen LogP contribution in [-0.2, 0) is 6.42 Å². The Morgan fingerprint density at radius 1 is 1.26 bits per heavy atom. The van der Waals surface area contributed by atoms with Gasteiger partial charge in [0, 0.05) is 18.1 Å². The number of hydrogen-bond donors (Lipinski definition) is 3. The van der Waals surface area contributed by atoms with E-state index in [1.165, 1.54) is 25.3 Å². The van der Waals surface area contributed by atoms with E-state index in [4.69, 9.17) is 9.47 Å². The second kappa shape index (κ2) is 6.96. The van der Waals surface area contributed by atoms with Gasteiger partial charge >= 0.3 is 0 Å². The number of ether oxygens (including phenoxy) is 2. The Balaban J connectivity index is 1.94. The van der Waals surface area contributed by atoms with Crippen molar-refractivity contribution in [2.45, 2.75) is 32.0 Å². The Labute approximate surface area is 157 Å². The van der Waals surface area contributed by atoms with Gasteiger partial charge in [0.1, 0.15) is 34.7 Å². The number of allylic oxidation sites excluding steroid dienone is 1. The minimum absolute atomic E-state index is 0.0475. The molecule has 27 heavy (non-hydrogen) atoms. The van der Waals surface area contributed by atoms with E-state index in [1.54, 1.807) is 38.1 Å². The molecule has 3 N–H and O–H groups in total. The third-order valence-corrected chi connectivity index (χ3v) is 4.56. The van der Waals surface area contributed by atoms with Gasteiger partial charge in [-0.25, -0.2) is 0 Å². The molecule has 6 nitrogen and oxygen atoms in total. The molecule has 0 aromatic heterocycles. The van der Waals surface area contributed by atoms with Crippen molar-refractivity contribution in [1.82, 2.24) is 0 Å². The fourth-order valence-corrected chi connectivity index (χ4v) is 2.98. The molecule has 0 amide bonds. The highest BCUT2D eigenvalue weighted by molar-refractivity contribution is 6.11. The van der Waals surface area contributed by atoms with E-state index in [-0.39, 0.29) is 29.2 Å². The standard InChI is InChI=1S/C21H22O6/c1-21(2,25)18-10-14-16(27-18)11-17(26-3)19(20(14)24)15(23)9-6-12-4-7-13(22)8-5-12/h4-9,11,18,22,24-25H,10H2,1-3H3/t18-/m1/s1. The molecule has 6 heteroatoms. The molecule has 1 heterocycles. The number of benzene rings is 2. The van der Waals surface area contributed by atoms with Crippen molar-refractivity contribution < 1.29 is 29.6 Å². The highest BCUT2D eigenvalue weighted by Crippen LogP contribution is 2.45. The molecule has 0 radical (unpaired) electrons. The van der Waals surface area contributed by atoms with Crippen molar-refractivity contribution in [1.29, 1.82) is 0 Å². The lowest BCUT2D eigenvalue weighted by Crippen LogP contribution is -2.39. The summed E-state index contributed by atoms with van der Waals surface area (Å²) in [6.45, 7) is 3.26. The summed E-state index contributed by atoms with van der Waals surface area (Å²) < 4.78 is 11.0.